The van der Waals surface area contributed by atoms with Gasteiger partial charge in [-0.15, -0.1) is 0 Å². The van der Waals surface area contributed by atoms with E-state index >= 15 is 0 Å². The lowest BCUT2D eigenvalue weighted by Crippen LogP contribution is -1.90. The molecule has 1 rings (SSSR count). The van der Waals surface area contributed by atoms with Crippen molar-refractivity contribution in [2.75, 3.05) is 6.26 Å². The minimum absolute atomic E-state index is 0.109. The summed E-state index contributed by atoms with van der Waals surface area (Å²) in [6.45, 7) is 0. The molecule has 0 saturated carbocycles. The zero-order valence-electron chi connectivity index (χ0n) is 6.00. The number of hydrogen-bond acceptors (Lipinski definition) is 2. The monoisotopic (exact) mass is 230 g/mol. The second-order valence-corrected chi connectivity index (χ2v) is 3.69. The van der Waals surface area contributed by atoms with Crippen LogP contribution in [0.5, 0.6) is 0 Å². The molecule has 0 atom stereocenters. The number of rotatable bonds is 1. The molecule has 0 aliphatic heterocycles. The molecular weight excluding hydrogens is 224 g/mol. The number of hydrogen-bond donors (Lipinski definition) is 0. The van der Waals surface area contributed by atoms with Crippen molar-refractivity contribution in [1.82, 2.24) is 0 Å². The molecule has 0 spiro atoms. The maximum Gasteiger partial charge on any atom is 0.219 e. The SMILES string of the molecule is CSC(=O)c1ccc(Br)cc1. The quantitative estimate of drug-likeness (QED) is 0.739. The van der Waals surface area contributed by atoms with Crippen LogP contribution in [0, 0.1) is 0 Å². The second kappa shape index (κ2) is 3.93. The highest BCUT2D eigenvalue weighted by atomic mass is 79.9. The van der Waals surface area contributed by atoms with Gasteiger partial charge in [-0.05, 0) is 30.5 Å². The van der Waals surface area contributed by atoms with Crippen LogP contribution in [-0.2, 0) is 0 Å². The van der Waals surface area contributed by atoms with Crippen molar-refractivity contribution in [2.24, 2.45) is 0 Å². The van der Waals surface area contributed by atoms with Crippen molar-refractivity contribution in [3.05, 3.63) is 34.3 Å². The van der Waals surface area contributed by atoms with Crippen LogP contribution in [0.1, 0.15) is 10.4 Å². The molecule has 58 valence electrons. The van der Waals surface area contributed by atoms with Gasteiger partial charge in [0.2, 0.25) is 5.12 Å². The molecule has 11 heavy (non-hydrogen) atoms. The minimum Gasteiger partial charge on any atom is -0.282 e. The molecule has 3 heteroatoms. The Balaban J connectivity index is 2.90. The molecule has 0 fully saturated rings. The largest absolute Gasteiger partial charge is 0.282 e. The molecule has 1 aromatic rings. The van der Waals surface area contributed by atoms with E-state index in [1.54, 1.807) is 6.26 Å². The second-order valence-electron chi connectivity index (χ2n) is 2.00. The molecule has 0 aliphatic carbocycles. The van der Waals surface area contributed by atoms with Crippen molar-refractivity contribution in [3.8, 4) is 0 Å². The summed E-state index contributed by atoms with van der Waals surface area (Å²) in [5, 5.41) is 0.109. The first-order chi connectivity index (χ1) is 5.24. The van der Waals surface area contributed by atoms with E-state index in [2.05, 4.69) is 15.9 Å². The Labute approximate surface area is 78.3 Å². The van der Waals surface area contributed by atoms with E-state index < -0.39 is 0 Å². The van der Waals surface area contributed by atoms with Gasteiger partial charge in [-0.1, -0.05) is 27.7 Å². The van der Waals surface area contributed by atoms with Crippen molar-refractivity contribution < 1.29 is 4.79 Å². The lowest BCUT2D eigenvalue weighted by Gasteiger charge is -1.95. The Morgan fingerprint density at radius 2 is 1.91 bits per heavy atom. The Morgan fingerprint density at radius 3 is 2.36 bits per heavy atom. The highest BCUT2D eigenvalue weighted by Gasteiger charge is 2.01. The zero-order chi connectivity index (χ0) is 8.27. The van der Waals surface area contributed by atoms with E-state index in [1.807, 2.05) is 24.3 Å². The Kier molecular flexibility index (Phi) is 3.15. The van der Waals surface area contributed by atoms with Gasteiger partial charge in [0, 0.05) is 10.0 Å². The number of carbonyl (C=O) groups is 1. The summed E-state index contributed by atoms with van der Waals surface area (Å²) in [5.74, 6) is 0. The smallest absolute Gasteiger partial charge is 0.219 e. The van der Waals surface area contributed by atoms with Crippen LogP contribution in [0.25, 0.3) is 0 Å². The first-order valence-corrected chi connectivity index (χ1v) is 5.09. The molecule has 0 aromatic heterocycles. The van der Waals surface area contributed by atoms with Crippen molar-refractivity contribution in [3.63, 3.8) is 0 Å². The molecule has 1 nitrogen and oxygen atoms in total. The molecule has 0 saturated heterocycles. The maximum atomic E-state index is 11.1. The van der Waals surface area contributed by atoms with Crippen LogP contribution >= 0.6 is 27.7 Å². The van der Waals surface area contributed by atoms with Gasteiger partial charge in [-0.25, -0.2) is 0 Å². The fourth-order valence-electron chi connectivity index (χ4n) is 0.704. The molecule has 0 unspecified atom stereocenters. The Hall–Kier alpha value is -0.280. The maximum absolute atomic E-state index is 11.1. The van der Waals surface area contributed by atoms with Crippen LogP contribution in [0.2, 0.25) is 0 Å². The predicted octanol–water partition coefficient (Wildman–Crippen LogP) is 2.95. The van der Waals surface area contributed by atoms with Crippen LogP contribution in [0.3, 0.4) is 0 Å². The molecular formula is C8H7BrOS. The molecule has 0 amide bonds. The molecule has 0 aliphatic rings. The average Bonchev–Trinajstić information content (AvgIpc) is 2.05. The van der Waals surface area contributed by atoms with Crippen LogP contribution in [-0.4, -0.2) is 11.4 Å². The lowest BCUT2D eigenvalue weighted by molar-refractivity contribution is 0.108. The van der Waals surface area contributed by atoms with Crippen LogP contribution in [0.15, 0.2) is 28.7 Å². The highest BCUT2D eigenvalue weighted by molar-refractivity contribution is 9.10. The van der Waals surface area contributed by atoms with E-state index in [4.69, 9.17) is 0 Å². The number of halogens is 1. The summed E-state index contributed by atoms with van der Waals surface area (Å²) in [4.78, 5) is 11.1. The third-order valence-corrected chi connectivity index (χ3v) is 2.40. The Morgan fingerprint density at radius 1 is 1.36 bits per heavy atom. The third-order valence-electron chi connectivity index (χ3n) is 1.27. The minimum atomic E-state index is 0.109. The summed E-state index contributed by atoms with van der Waals surface area (Å²) in [7, 11) is 0. The average molecular weight is 231 g/mol. The van der Waals surface area contributed by atoms with E-state index in [9.17, 15) is 4.79 Å². The van der Waals surface area contributed by atoms with Gasteiger partial charge in [0.15, 0.2) is 0 Å². The van der Waals surface area contributed by atoms with Crippen molar-refractivity contribution in [1.29, 1.82) is 0 Å². The third kappa shape index (κ3) is 2.34. The van der Waals surface area contributed by atoms with E-state index in [0.717, 1.165) is 10.0 Å². The first kappa shape index (κ1) is 8.81. The van der Waals surface area contributed by atoms with Crippen LogP contribution in [0.4, 0.5) is 0 Å². The fraction of sp³-hybridized carbons (Fsp3) is 0.125. The molecule has 0 bridgehead atoms. The number of thioether (sulfide) groups is 1. The number of carbonyl (C=O) groups excluding carboxylic acids is 1. The highest BCUT2D eigenvalue weighted by Crippen LogP contribution is 2.13. The van der Waals surface area contributed by atoms with E-state index in [1.165, 1.54) is 11.8 Å². The molecule has 0 heterocycles. The van der Waals surface area contributed by atoms with Crippen molar-refractivity contribution in [2.45, 2.75) is 0 Å². The number of benzene rings is 1. The predicted molar refractivity (Wildman–Crippen MR) is 52.0 cm³/mol. The molecule has 0 radical (unpaired) electrons. The van der Waals surface area contributed by atoms with Gasteiger partial charge in [0.1, 0.15) is 0 Å². The van der Waals surface area contributed by atoms with Gasteiger partial charge in [0.25, 0.3) is 0 Å². The Bertz CT molecular complexity index is 255. The van der Waals surface area contributed by atoms with Gasteiger partial charge in [0.05, 0.1) is 0 Å². The fourth-order valence-corrected chi connectivity index (χ4v) is 1.34. The van der Waals surface area contributed by atoms with E-state index in [-0.39, 0.29) is 5.12 Å². The van der Waals surface area contributed by atoms with Gasteiger partial charge >= 0.3 is 0 Å². The summed E-state index contributed by atoms with van der Waals surface area (Å²) < 4.78 is 0.996. The lowest BCUT2D eigenvalue weighted by atomic mass is 10.2. The van der Waals surface area contributed by atoms with E-state index in [0.29, 0.717) is 0 Å². The summed E-state index contributed by atoms with van der Waals surface area (Å²) >= 11 is 4.53. The van der Waals surface area contributed by atoms with Gasteiger partial charge in [-0.2, -0.15) is 0 Å². The first-order valence-electron chi connectivity index (χ1n) is 3.08. The molecule has 0 N–H and O–H groups in total. The summed E-state index contributed by atoms with van der Waals surface area (Å²) in [6.07, 6.45) is 1.78. The van der Waals surface area contributed by atoms with Crippen LogP contribution < -0.4 is 0 Å². The zero-order valence-corrected chi connectivity index (χ0v) is 8.41. The normalized spacial score (nSPS) is 9.64. The van der Waals surface area contributed by atoms with Gasteiger partial charge < -0.3 is 0 Å². The summed E-state index contributed by atoms with van der Waals surface area (Å²) in [6, 6.07) is 7.35. The van der Waals surface area contributed by atoms with Crippen molar-refractivity contribution >= 4 is 32.8 Å². The molecule has 1 aromatic carbocycles. The topological polar surface area (TPSA) is 17.1 Å². The standard InChI is InChI=1S/C8H7BrOS/c1-11-8(10)6-2-4-7(9)5-3-6/h2-5H,1H3. The summed E-state index contributed by atoms with van der Waals surface area (Å²) in [5.41, 5.74) is 0.751. The van der Waals surface area contributed by atoms with Gasteiger partial charge in [-0.3, -0.25) is 4.79 Å².